The van der Waals surface area contributed by atoms with Crippen molar-refractivity contribution in [3.05, 3.63) is 49.6 Å². The van der Waals surface area contributed by atoms with Crippen LogP contribution in [0.3, 0.4) is 0 Å². The predicted octanol–water partition coefficient (Wildman–Crippen LogP) is 4.56. The number of rotatable bonds is 4. The van der Waals surface area contributed by atoms with Gasteiger partial charge in [0.25, 0.3) is 0 Å². The molecular weight excluding hydrogens is 402 g/mol. The molecule has 1 aliphatic heterocycles. The maximum atomic E-state index is 12.2. The van der Waals surface area contributed by atoms with Crippen molar-refractivity contribution in [1.82, 2.24) is 4.90 Å². The zero-order valence-electron chi connectivity index (χ0n) is 12.2. The van der Waals surface area contributed by atoms with Gasteiger partial charge >= 0.3 is 0 Å². The highest BCUT2D eigenvalue weighted by Crippen LogP contribution is 2.40. The Hall–Kier alpha value is -1.50. The summed E-state index contributed by atoms with van der Waals surface area (Å²) >= 11 is 11.1. The molecule has 4 nitrogen and oxygen atoms in total. The van der Waals surface area contributed by atoms with Crippen molar-refractivity contribution < 1.29 is 14.3 Å². The smallest absolute Gasteiger partial charge is 0.246 e. The molecule has 2 aromatic rings. The van der Waals surface area contributed by atoms with Crippen molar-refractivity contribution in [3.63, 3.8) is 0 Å². The van der Waals surface area contributed by atoms with E-state index in [1.807, 2.05) is 11.4 Å². The first-order chi connectivity index (χ1) is 11.0. The maximum absolute atomic E-state index is 12.2. The Bertz CT molecular complexity index is 775. The van der Waals surface area contributed by atoms with E-state index in [0.717, 1.165) is 14.9 Å². The van der Waals surface area contributed by atoms with E-state index < -0.39 is 0 Å². The molecule has 0 atom stereocenters. The second-order valence-electron chi connectivity index (χ2n) is 5.00. The average molecular weight is 415 g/mol. The summed E-state index contributed by atoms with van der Waals surface area (Å²) in [6.45, 7) is 0.738. The normalized spacial score (nSPS) is 12.8. The highest BCUT2D eigenvalue weighted by molar-refractivity contribution is 9.10. The van der Waals surface area contributed by atoms with Gasteiger partial charge in [0.2, 0.25) is 12.7 Å². The monoisotopic (exact) mass is 413 g/mol. The average Bonchev–Trinajstić information content (AvgIpc) is 3.14. The van der Waals surface area contributed by atoms with E-state index in [2.05, 4.69) is 15.9 Å². The number of benzene rings is 1. The van der Waals surface area contributed by atoms with Crippen LogP contribution in [0.5, 0.6) is 11.5 Å². The maximum Gasteiger partial charge on any atom is 0.246 e. The molecule has 23 heavy (non-hydrogen) atoms. The fraction of sp³-hybridized carbons (Fsp3) is 0.188. The van der Waals surface area contributed by atoms with Crippen LogP contribution in [0, 0.1) is 0 Å². The molecule has 1 aromatic carbocycles. The molecule has 0 N–H and O–H groups in total. The quantitative estimate of drug-likeness (QED) is 0.688. The Morgan fingerprint density at radius 2 is 2.26 bits per heavy atom. The van der Waals surface area contributed by atoms with Crippen LogP contribution in [0.15, 0.2) is 34.1 Å². The van der Waals surface area contributed by atoms with Crippen LogP contribution in [0.1, 0.15) is 10.4 Å². The van der Waals surface area contributed by atoms with E-state index in [1.165, 1.54) is 6.08 Å². The number of likely N-dealkylation sites (N-methyl/N-ethyl adjacent to an activating group) is 1. The number of hydrogen-bond acceptors (Lipinski definition) is 4. The lowest BCUT2D eigenvalue weighted by molar-refractivity contribution is -0.125. The molecule has 120 valence electrons. The highest BCUT2D eigenvalue weighted by Gasteiger charge is 2.17. The number of carbonyl (C=O) groups excluding carboxylic acids is 1. The molecule has 2 heterocycles. The Kier molecular flexibility index (Phi) is 4.94. The fourth-order valence-electron chi connectivity index (χ4n) is 2.13. The van der Waals surface area contributed by atoms with Crippen molar-refractivity contribution >= 4 is 50.9 Å². The van der Waals surface area contributed by atoms with Gasteiger partial charge in [0, 0.05) is 27.9 Å². The van der Waals surface area contributed by atoms with E-state index in [-0.39, 0.29) is 12.7 Å². The second-order valence-corrected chi connectivity index (χ2v) is 7.31. The summed E-state index contributed by atoms with van der Waals surface area (Å²) < 4.78 is 11.6. The van der Waals surface area contributed by atoms with Gasteiger partial charge < -0.3 is 14.4 Å². The highest BCUT2D eigenvalue weighted by atomic mass is 79.9. The van der Waals surface area contributed by atoms with Crippen LogP contribution in [0.25, 0.3) is 6.08 Å². The van der Waals surface area contributed by atoms with Crippen molar-refractivity contribution in [2.75, 3.05) is 13.8 Å². The second kappa shape index (κ2) is 6.95. The topological polar surface area (TPSA) is 38.8 Å². The molecule has 7 heteroatoms. The van der Waals surface area contributed by atoms with E-state index in [0.29, 0.717) is 23.1 Å². The van der Waals surface area contributed by atoms with Gasteiger partial charge in [-0.1, -0.05) is 11.6 Å². The van der Waals surface area contributed by atoms with Gasteiger partial charge in [-0.05, 0) is 45.8 Å². The van der Waals surface area contributed by atoms with Crippen LogP contribution in [0.4, 0.5) is 0 Å². The van der Waals surface area contributed by atoms with Crippen LogP contribution in [-0.2, 0) is 11.3 Å². The van der Waals surface area contributed by atoms with Crippen LogP contribution in [-0.4, -0.2) is 24.6 Å². The number of hydrogen-bond donors (Lipinski definition) is 0. The van der Waals surface area contributed by atoms with Crippen LogP contribution < -0.4 is 9.47 Å². The number of fused-ring (bicyclic) bond motifs is 1. The molecule has 3 rings (SSSR count). The van der Waals surface area contributed by atoms with E-state index in [4.69, 9.17) is 21.1 Å². The number of amides is 1. The van der Waals surface area contributed by atoms with E-state index in [1.54, 1.807) is 41.5 Å². The Balaban J connectivity index is 1.67. The molecule has 0 fully saturated rings. The number of thiophene rings is 1. The first-order valence-corrected chi connectivity index (χ1v) is 8.83. The molecule has 1 aliphatic rings. The van der Waals surface area contributed by atoms with Crippen molar-refractivity contribution in [1.29, 1.82) is 0 Å². The standard InChI is InChI=1S/C16H13BrClNO3S/c1-19(7-12-6-11(17)8-23-12)15(20)3-2-10-4-13(18)16-14(5-10)21-9-22-16/h2-6,8H,7,9H2,1H3/b3-2+. The lowest BCUT2D eigenvalue weighted by Crippen LogP contribution is -2.23. The summed E-state index contributed by atoms with van der Waals surface area (Å²) in [6, 6.07) is 5.55. The van der Waals surface area contributed by atoms with E-state index in [9.17, 15) is 4.79 Å². The largest absolute Gasteiger partial charge is 0.454 e. The molecule has 0 bridgehead atoms. The summed E-state index contributed by atoms with van der Waals surface area (Å²) in [5, 5.41) is 2.47. The summed E-state index contributed by atoms with van der Waals surface area (Å²) in [7, 11) is 1.77. The molecule has 0 saturated carbocycles. The Labute approximate surface area is 151 Å². The fourth-order valence-corrected chi connectivity index (χ4v) is 3.90. The minimum atomic E-state index is -0.0803. The number of carbonyl (C=O) groups is 1. The van der Waals surface area contributed by atoms with Crippen molar-refractivity contribution in [3.8, 4) is 11.5 Å². The minimum absolute atomic E-state index is 0.0803. The summed E-state index contributed by atoms with van der Waals surface area (Å²) in [6.07, 6.45) is 3.24. The minimum Gasteiger partial charge on any atom is -0.454 e. The molecule has 1 aromatic heterocycles. The summed E-state index contributed by atoms with van der Waals surface area (Å²) in [4.78, 5) is 15.0. The summed E-state index contributed by atoms with van der Waals surface area (Å²) in [5.41, 5.74) is 0.792. The molecule has 0 saturated heterocycles. The molecule has 1 amide bonds. The lowest BCUT2D eigenvalue weighted by Gasteiger charge is -2.13. The van der Waals surface area contributed by atoms with Crippen molar-refractivity contribution in [2.24, 2.45) is 0 Å². The SMILES string of the molecule is CN(Cc1cc(Br)cs1)C(=O)/C=C/c1cc(Cl)c2c(c1)OCO2. The van der Waals surface area contributed by atoms with Gasteiger partial charge in [0.05, 0.1) is 11.6 Å². The van der Waals surface area contributed by atoms with Gasteiger partial charge in [-0.3, -0.25) is 4.79 Å². The lowest BCUT2D eigenvalue weighted by atomic mass is 10.2. The Morgan fingerprint density at radius 3 is 3.00 bits per heavy atom. The summed E-state index contributed by atoms with van der Waals surface area (Å²) in [5.74, 6) is 1.07. The number of halogens is 2. The van der Waals surface area contributed by atoms with Crippen LogP contribution in [0.2, 0.25) is 5.02 Å². The van der Waals surface area contributed by atoms with Gasteiger partial charge in [0.15, 0.2) is 11.5 Å². The third-order valence-corrected chi connectivity index (χ3v) is 5.22. The van der Waals surface area contributed by atoms with Gasteiger partial charge in [-0.2, -0.15) is 0 Å². The number of nitrogens with zero attached hydrogens (tertiary/aromatic N) is 1. The van der Waals surface area contributed by atoms with Crippen molar-refractivity contribution in [2.45, 2.75) is 6.54 Å². The first kappa shape index (κ1) is 16.4. The zero-order valence-corrected chi connectivity index (χ0v) is 15.4. The molecule has 0 aliphatic carbocycles. The predicted molar refractivity (Wildman–Crippen MR) is 95.1 cm³/mol. The number of ether oxygens (including phenoxy) is 2. The Morgan fingerprint density at radius 1 is 1.43 bits per heavy atom. The van der Waals surface area contributed by atoms with Gasteiger partial charge in [0.1, 0.15) is 0 Å². The van der Waals surface area contributed by atoms with Crippen LogP contribution >= 0.6 is 38.9 Å². The molecule has 0 radical (unpaired) electrons. The molecule has 0 unspecified atom stereocenters. The van der Waals surface area contributed by atoms with E-state index >= 15 is 0 Å². The first-order valence-electron chi connectivity index (χ1n) is 6.78. The third-order valence-electron chi connectivity index (χ3n) is 3.26. The van der Waals surface area contributed by atoms with Gasteiger partial charge in [-0.25, -0.2) is 0 Å². The molecular formula is C16H13BrClNO3S. The molecule has 0 spiro atoms. The van der Waals surface area contributed by atoms with Gasteiger partial charge in [-0.15, -0.1) is 11.3 Å². The third kappa shape index (κ3) is 3.88. The zero-order chi connectivity index (χ0) is 16.4.